The molecule has 0 fully saturated rings. The summed E-state index contributed by atoms with van der Waals surface area (Å²) in [5, 5.41) is 7.21. The van der Waals surface area contributed by atoms with Crippen LogP contribution in [-0.4, -0.2) is 10.2 Å². The maximum Gasteiger partial charge on any atom is 0.124 e. The highest BCUT2D eigenvalue weighted by Gasteiger charge is 2.39. The second-order valence-electron chi connectivity index (χ2n) is 5.54. The van der Waals surface area contributed by atoms with Gasteiger partial charge in [0.25, 0.3) is 0 Å². The summed E-state index contributed by atoms with van der Waals surface area (Å²) in [4.78, 5) is 0. The fourth-order valence-corrected chi connectivity index (χ4v) is 3.38. The first kappa shape index (κ1) is 11.9. The van der Waals surface area contributed by atoms with Gasteiger partial charge < -0.3 is 0 Å². The van der Waals surface area contributed by atoms with Crippen LogP contribution < -0.4 is 0 Å². The van der Waals surface area contributed by atoms with Gasteiger partial charge in [-0.15, -0.1) is 0 Å². The molecule has 1 atom stereocenters. The van der Waals surface area contributed by atoms with Crippen LogP contribution in [0.15, 0.2) is 28.9 Å². The van der Waals surface area contributed by atoms with E-state index in [0.717, 1.165) is 16.5 Å². The molecule has 18 heavy (non-hydrogen) atoms. The minimum Gasteiger partial charge on any atom is -0.282 e. The molecule has 0 saturated carbocycles. The Hall–Kier alpha value is -1.16. The minimum atomic E-state index is -0.200. The molecule has 1 aromatic carbocycles. The second kappa shape index (κ2) is 3.92. The van der Waals surface area contributed by atoms with Crippen LogP contribution in [0.5, 0.6) is 0 Å². The fraction of sp³-hybridized carbons (Fsp3) is 0.357. The first-order valence-corrected chi connectivity index (χ1v) is 6.76. The second-order valence-corrected chi connectivity index (χ2v) is 6.46. The minimum absolute atomic E-state index is 0.0648. The Morgan fingerprint density at radius 3 is 2.89 bits per heavy atom. The van der Waals surface area contributed by atoms with Crippen LogP contribution in [0, 0.1) is 5.82 Å². The molecule has 0 radical (unpaired) electrons. The van der Waals surface area contributed by atoms with Gasteiger partial charge in [-0.05, 0) is 30.2 Å². The molecule has 94 valence electrons. The number of hydrogen-bond acceptors (Lipinski definition) is 1. The number of H-pyrrole nitrogens is 1. The third-order valence-corrected chi connectivity index (χ3v) is 4.18. The average Bonchev–Trinajstić information content (AvgIpc) is 2.80. The monoisotopic (exact) mass is 308 g/mol. The standard InChI is InChI=1S/C14H14BrFN2/c1-14(2)6-11(12-7-17-18-13(12)14)8-3-9(15)5-10(16)4-8/h3-5,7,11H,6H2,1-2H3,(H,17,18). The number of hydrogen-bond donors (Lipinski definition) is 1. The highest BCUT2D eigenvalue weighted by molar-refractivity contribution is 9.10. The maximum absolute atomic E-state index is 13.5. The van der Waals surface area contributed by atoms with Crippen LogP contribution >= 0.6 is 15.9 Å². The highest BCUT2D eigenvalue weighted by Crippen LogP contribution is 2.47. The molecular formula is C14H14BrFN2. The van der Waals surface area contributed by atoms with Crippen molar-refractivity contribution in [3.63, 3.8) is 0 Å². The Kier molecular flexibility index (Phi) is 2.59. The smallest absolute Gasteiger partial charge is 0.124 e. The van der Waals surface area contributed by atoms with Crippen molar-refractivity contribution in [2.75, 3.05) is 0 Å². The topological polar surface area (TPSA) is 28.7 Å². The first-order valence-electron chi connectivity index (χ1n) is 5.97. The SMILES string of the molecule is CC1(C)CC(c2cc(F)cc(Br)c2)c2cn[nH]c21. The van der Waals surface area contributed by atoms with Gasteiger partial charge >= 0.3 is 0 Å². The van der Waals surface area contributed by atoms with E-state index in [1.165, 1.54) is 17.3 Å². The number of aromatic amines is 1. The lowest BCUT2D eigenvalue weighted by Crippen LogP contribution is -2.14. The van der Waals surface area contributed by atoms with E-state index in [2.05, 4.69) is 40.0 Å². The van der Waals surface area contributed by atoms with Gasteiger partial charge in [-0.2, -0.15) is 5.10 Å². The summed E-state index contributed by atoms with van der Waals surface area (Å²) in [5.41, 5.74) is 3.44. The van der Waals surface area contributed by atoms with Crippen molar-refractivity contribution in [1.29, 1.82) is 0 Å². The molecule has 2 nitrogen and oxygen atoms in total. The van der Waals surface area contributed by atoms with E-state index < -0.39 is 0 Å². The third-order valence-electron chi connectivity index (χ3n) is 3.72. The molecule has 0 saturated heterocycles. The molecule has 1 aliphatic rings. The molecule has 0 spiro atoms. The lowest BCUT2D eigenvalue weighted by molar-refractivity contribution is 0.482. The van der Waals surface area contributed by atoms with Crippen LogP contribution in [-0.2, 0) is 5.41 Å². The number of aromatic nitrogens is 2. The van der Waals surface area contributed by atoms with Crippen molar-refractivity contribution < 1.29 is 4.39 Å². The number of nitrogens with one attached hydrogen (secondary N) is 1. The van der Waals surface area contributed by atoms with E-state index in [0.29, 0.717) is 0 Å². The molecule has 1 heterocycles. The van der Waals surface area contributed by atoms with Gasteiger partial charge in [-0.1, -0.05) is 29.8 Å². The van der Waals surface area contributed by atoms with E-state index in [1.54, 1.807) is 6.07 Å². The van der Waals surface area contributed by atoms with E-state index >= 15 is 0 Å². The van der Waals surface area contributed by atoms with Crippen LogP contribution in [0.2, 0.25) is 0 Å². The van der Waals surface area contributed by atoms with Crippen molar-refractivity contribution in [3.8, 4) is 0 Å². The zero-order chi connectivity index (χ0) is 12.9. The molecule has 1 N–H and O–H groups in total. The largest absolute Gasteiger partial charge is 0.282 e. The maximum atomic E-state index is 13.5. The number of rotatable bonds is 1. The highest BCUT2D eigenvalue weighted by atomic mass is 79.9. The normalized spacial score (nSPS) is 21.0. The van der Waals surface area contributed by atoms with Crippen LogP contribution in [0.1, 0.15) is 43.0 Å². The number of benzene rings is 1. The van der Waals surface area contributed by atoms with Gasteiger partial charge in [0.15, 0.2) is 0 Å². The fourth-order valence-electron chi connectivity index (χ4n) is 2.90. The molecular weight excluding hydrogens is 295 g/mol. The van der Waals surface area contributed by atoms with Crippen molar-refractivity contribution in [2.45, 2.75) is 31.6 Å². The molecule has 3 rings (SSSR count). The number of halogens is 2. The predicted molar refractivity (Wildman–Crippen MR) is 72.2 cm³/mol. The van der Waals surface area contributed by atoms with Crippen LogP contribution in [0.4, 0.5) is 4.39 Å². The number of fused-ring (bicyclic) bond motifs is 1. The molecule has 1 aliphatic carbocycles. The molecule has 1 unspecified atom stereocenters. The van der Waals surface area contributed by atoms with Gasteiger partial charge in [0.2, 0.25) is 0 Å². The molecule has 0 amide bonds. The quantitative estimate of drug-likeness (QED) is 0.843. The van der Waals surface area contributed by atoms with E-state index in [-0.39, 0.29) is 17.2 Å². The van der Waals surface area contributed by atoms with Gasteiger partial charge in [-0.3, -0.25) is 5.10 Å². The Balaban J connectivity index is 2.10. The van der Waals surface area contributed by atoms with Gasteiger partial charge in [-0.25, -0.2) is 4.39 Å². The van der Waals surface area contributed by atoms with Gasteiger partial charge in [0.1, 0.15) is 5.82 Å². The Morgan fingerprint density at radius 2 is 2.17 bits per heavy atom. The Bertz CT molecular complexity index is 583. The first-order chi connectivity index (χ1) is 8.47. The summed E-state index contributed by atoms with van der Waals surface area (Å²) in [6.45, 7) is 4.39. The summed E-state index contributed by atoms with van der Waals surface area (Å²) in [7, 11) is 0. The zero-order valence-corrected chi connectivity index (χ0v) is 11.9. The average molecular weight is 309 g/mol. The molecule has 0 bridgehead atoms. The predicted octanol–water partition coefficient (Wildman–Crippen LogP) is 4.12. The lowest BCUT2D eigenvalue weighted by Gasteiger charge is -2.18. The van der Waals surface area contributed by atoms with Crippen LogP contribution in [0.3, 0.4) is 0 Å². The summed E-state index contributed by atoms with van der Waals surface area (Å²) in [6, 6.07) is 5.10. The van der Waals surface area contributed by atoms with Gasteiger partial charge in [0, 0.05) is 27.1 Å². The summed E-state index contributed by atoms with van der Waals surface area (Å²) < 4.78 is 14.3. The van der Waals surface area contributed by atoms with Crippen molar-refractivity contribution in [2.24, 2.45) is 0 Å². The van der Waals surface area contributed by atoms with Crippen molar-refractivity contribution in [1.82, 2.24) is 10.2 Å². The molecule has 2 aromatic rings. The van der Waals surface area contributed by atoms with Crippen LogP contribution in [0.25, 0.3) is 0 Å². The summed E-state index contributed by atoms with van der Waals surface area (Å²) in [5.74, 6) is 0.0230. The molecule has 0 aliphatic heterocycles. The third kappa shape index (κ3) is 1.79. The zero-order valence-electron chi connectivity index (χ0n) is 10.3. The van der Waals surface area contributed by atoms with E-state index in [9.17, 15) is 4.39 Å². The van der Waals surface area contributed by atoms with Gasteiger partial charge in [0.05, 0.1) is 6.20 Å². The number of nitrogens with zero attached hydrogens (tertiary/aromatic N) is 1. The van der Waals surface area contributed by atoms with Crippen molar-refractivity contribution in [3.05, 3.63) is 51.5 Å². The molecule has 4 heteroatoms. The summed E-state index contributed by atoms with van der Waals surface area (Å²) in [6.07, 6.45) is 2.85. The van der Waals surface area contributed by atoms with E-state index in [4.69, 9.17) is 0 Å². The summed E-state index contributed by atoms with van der Waals surface area (Å²) >= 11 is 3.36. The Morgan fingerprint density at radius 1 is 1.39 bits per heavy atom. The lowest BCUT2D eigenvalue weighted by atomic mass is 9.86. The molecule has 1 aromatic heterocycles. The van der Waals surface area contributed by atoms with Crippen molar-refractivity contribution >= 4 is 15.9 Å². The Labute approximate surface area is 114 Å². The van der Waals surface area contributed by atoms with E-state index in [1.807, 2.05) is 12.3 Å².